The van der Waals surface area contributed by atoms with E-state index in [1.807, 2.05) is 13.8 Å². The molecule has 4 atom stereocenters. The molecule has 1 heterocycles. The fourth-order valence-electron chi connectivity index (χ4n) is 4.20. The van der Waals surface area contributed by atoms with Crippen LogP contribution in [-0.4, -0.2) is 59.5 Å². The summed E-state index contributed by atoms with van der Waals surface area (Å²) in [4.78, 5) is 38.3. The molecule has 3 amide bonds. The van der Waals surface area contributed by atoms with E-state index in [0.717, 1.165) is 19.3 Å². The highest BCUT2D eigenvalue weighted by Crippen LogP contribution is 2.26. The second-order valence-electron chi connectivity index (χ2n) is 9.26. The first-order chi connectivity index (χ1) is 14.0. The van der Waals surface area contributed by atoms with E-state index >= 15 is 0 Å². The van der Waals surface area contributed by atoms with E-state index in [9.17, 15) is 19.5 Å². The number of hydrogen-bond acceptors (Lipinski definition) is 4. The minimum atomic E-state index is -0.785. The molecule has 0 aliphatic carbocycles. The first kappa shape index (κ1) is 26.1. The van der Waals surface area contributed by atoms with Crippen LogP contribution in [0.1, 0.15) is 72.1 Å². The Balaban J connectivity index is 2.74. The Labute approximate surface area is 181 Å². The molecule has 1 aliphatic rings. The van der Waals surface area contributed by atoms with Crippen molar-refractivity contribution in [2.75, 3.05) is 20.1 Å². The van der Waals surface area contributed by atoms with Crippen molar-refractivity contribution in [1.82, 2.24) is 15.5 Å². The third-order valence-corrected chi connectivity index (χ3v) is 5.86. The van der Waals surface area contributed by atoms with Crippen LogP contribution in [-0.2, 0) is 14.4 Å². The summed E-state index contributed by atoms with van der Waals surface area (Å²) in [5.74, 6) is -0.187. The third kappa shape index (κ3) is 10.2. The number of carbonyl (C=O) groups excluding carboxylic acids is 3. The summed E-state index contributed by atoms with van der Waals surface area (Å²) in [5.41, 5.74) is -0.785. The third-order valence-electron chi connectivity index (χ3n) is 5.86. The molecule has 1 rings (SSSR count). The number of unbranched alkanes of at least 4 members (excludes halogenated alkanes) is 1. The van der Waals surface area contributed by atoms with Crippen LogP contribution in [0.3, 0.4) is 0 Å². The predicted octanol–water partition coefficient (Wildman–Crippen LogP) is 2.39. The van der Waals surface area contributed by atoms with Crippen molar-refractivity contribution in [2.45, 2.75) is 83.8 Å². The monoisotopic (exact) mass is 423 g/mol. The number of amides is 3. The van der Waals surface area contributed by atoms with Crippen molar-refractivity contribution in [1.29, 1.82) is 0 Å². The van der Waals surface area contributed by atoms with Crippen molar-refractivity contribution < 1.29 is 19.5 Å². The highest BCUT2D eigenvalue weighted by Gasteiger charge is 2.28. The summed E-state index contributed by atoms with van der Waals surface area (Å²) in [5, 5.41) is 16.5. The lowest BCUT2D eigenvalue weighted by Gasteiger charge is -2.30. The van der Waals surface area contributed by atoms with Gasteiger partial charge in [-0.2, -0.15) is 0 Å². The Morgan fingerprint density at radius 3 is 2.73 bits per heavy atom. The first-order valence-electron chi connectivity index (χ1n) is 11.2. The van der Waals surface area contributed by atoms with Gasteiger partial charge in [0.15, 0.2) is 0 Å². The second kappa shape index (κ2) is 12.7. The molecule has 172 valence electrons. The number of nitrogens with zero attached hydrogens (tertiary/aromatic N) is 1. The molecular weight excluding hydrogens is 382 g/mol. The van der Waals surface area contributed by atoms with E-state index in [0.29, 0.717) is 38.8 Å². The molecule has 0 radical (unpaired) electrons. The minimum absolute atomic E-state index is 0.00187. The Hall–Kier alpha value is -1.89. The molecule has 0 aromatic carbocycles. The summed E-state index contributed by atoms with van der Waals surface area (Å²) in [7, 11) is 1.78. The standard InChI is InChI=1S/C23H41N3O4/c1-6-20(27)24-12-8-7-10-19-15-21(28)26(5)13-9-11-23(4,30)16-17(2)14-18(3)22(29)25-19/h6,17-19,30H,1,7-16H2,2-5H3,(H,24,27)(H,25,29)/t17-,18?,19-,23?/m0/s1. The molecule has 7 nitrogen and oxygen atoms in total. The minimum Gasteiger partial charge on any atom is -0.390 e. The van der Waals surface area contributed by atoms with Gasteiger partial charge in [0.2, 0.25) is 17.7 Å². The van der Waals surface area contributed by atoms with Gasteiger partial charge < -0.3 is 20.6 Å². The average Bonchev–Trinajstić information content (AvgIpc) is 2.65. The van der Waals surface area contributed by atoms with Crippen LogP contribution in [0.2, 0.25) is 0 Å². The van der Waals surface area contributed by atoms with Crippen LogP contribution in [0.5, 0.6) is 0 Å². The van der Waals surface area contributed by atoms with Crippen molar-refractivity contribution in [3.8, 4) is 0 Å². The zero-order chi connectivity index (χ0) is 22.7. The van der Waals surface area contributed by atoms with Gasteiger partial charge in [-0.3, -0.25) is 14.4 Å². The molecule has 1 fully saturated rings. The lowest BCUT2D eigenvalue weighted by Crippen LogP contribution is -2.43. The first-order valence-corrected chi connectivity index (χ1v) is 11.2. The van der Waals surface area contributed by atoms with Crippen LogP contribution >= 0.6 is 0 Å². The largest absolute Gasteiger partial charge is 0.390 e. The maximum atomic E-state index is 12.7. The van der Waals surface area contributed by atoms with Crippen LogP contribution in [0.25, 0.3) is 0 Å². The summed E-state index contributed by atoms with van der Waals surface area (Å²) in [6, 6.07) is -0.216. The molecule has 0 spiro atoms. The number of nitrogens with one attached hydrogen (secondary N) is 2. The molecule has 0 bridgehead atoms. The van der Waals surface area contributed by atoms with Crippen LogP contribution in [0, 0.1) is 11.8 Å². The van der Waals surface area contributed by atoms with Gasteiger partial charge in [0.05, 0.1) is 5.60 Å². The molecule has 1 saturated heterocycles. The maximum absolute atomic E-state index is 12.7. The molecule has 7 heteroatoms. The van der Waals surface area contributed by atoms with E-state index in [2.05, 4.69) is 24.1 Å². The molecule has 0 aromatic heterocycles. The van der Waals surface area contributed by atoms with Gasteiger partial charge in [0.25, 0.3) is 0 Å². The van der Waals surface area contributed by atoms with Gasteiger partial charge in [-0.15, -0.1) is 0 Å². The van der Waals surface area contributed by atoms with E-state index < -0.39 is 5.60 Å². The summed E-state index contributed by atoms with van der Waals surface area (Å²) >= 11 is 0. The average molecular weight is 424 g/mol. The molecule has 30 heavy (non-hydrogen) atoms. The SMILES string of the molecule is C=CC(=O)NCCCC[C@H]1CC(=O)N(C)CCCC(C)(O)C[C@@H](C)CC(C)C(=O)N1. The molecule has 2 unspecified atom stereocenters. The van der Waals surface area contributed by atoms with E-state index in [-0.39, 0.29) is 42.0 Å². The summed E-state index contributed by atoms with van der Waals surface area (Å²) in [6.07, 6.45) is 6.50. The van der Waals surface area contributed by atoms with Crippen molar-refractivity contribution >= 4 is 17.7 Å². The zero-order valence-electron chi connectivity index (χ0n) is 19.2. The lowest BCUT2D eigenvalue weighted by atomic mass is 9.84. The molecular formula is C23H41N3O4. The predicted molar refractivity (Wildman–Crippen MR) is 119 cm³/mol. The van der Waals surface area contributed by atoms with Crippen molar-refractivity contribution in [3.05, 3.63) is 12.7 Å². The Kier molecular flexibility index (Phi) is 11.1. The zero-order valence-corrected chi connectivity index (χ0v) is 19.2. The fourth-order valence-corrected chi connectivity index (χ4v) is 4.20. The van der Waals surface area contributed by atoms with Crippen molar-refractivity contribution in [2.24, 2.45) is 11.8 Å². The molecule has 0 aromatic rings. The van der Waals surface area contributed by atoms with Crippen molar-refractivity contribution in [3.63, 3.8) is 0 Å². The summed E-state index contributed by atoms with van der Waals surface area (Å²) < 4.78 is 0. The Bertz CT molecular complexity index is 591. The lowest BCUT2D eigenvalue weighted by molar-refractivity contribution is -0.131. The maximum Gasteiger partial charge on any atom is 0.243 e. The van der Waals surface area contributed by atoms with E-state index in [4.69, 9.17) is 0 Å². The Morgan fingerprint density at radius 1 is 1.37 bits per heavy atom. The van der Waals surface area contributed by atoms with Gasteiger partial charge in [0.1, 0.15) is 0 Å². The van der Waals surface area contributed by atoms with Gasteiger partial charge in [-0.25, -0.2) is 0 Å². The molecule has 1 aliphatic heterocycles. The van der Waals surface area contributed by atoms with Gasteiger partial charge in [-0.1, -0.05) is 20.4 Å². The summed E-state index contributed by atoms with van der Waals surface area (Å²) in [6.45, 7) is 10.4. The smallest absolute Gasteiger partial charge is 0.243 e. The van der Waals surface area contributed by atoms with Crippen LogP contribution in [0.15, 0.2) is 12.7 Å². The van der Waals surface area contributed by atoms with E-state index in [1.165, 1.54) is 6.08 Å². The quantitative estimate of drug-likeness (QED) is 0.451. The number of rotatable bonds is 6. The highest BCUT2D eigenvalue weighted by atomic mass is 16.3. The Morgan fingerprint density at radius 2 is 2.07 bits per heavy atom. The highest BCUT2D eigenvalue weighted by molar-refractivity contribution is 5.86. The van der Waals surface area contributed by atoms with Gasteiger partial charge in [-0.05, 0) is 63.9 Å². The van der Waals surface area contributed by atoms with Crippen LogP contribution < -0.4 is 10.6 Å². The van der Waals surface area contributed by atoms with Crippen LogP contribution in [0.4, 0.5) is 0 Å². The number of aliphatic hydroxyl groups is 1. The fraction of sp³-hybridized carbons (Fsp3) is 0.783. The van der Waals surface area contributed by atoms with Gasteiger partial charge >= 0.3 is 0 Å². The second-order valence-corrected chi connectivity index (χ2v) is 9.26. The van der Waals surface area contributed by atoms with Gasteiger partial charge in [0, 0.05) is 38.5 Å². The normalized spacial score (nSPS) is 29.6. The number of hydrogen-bond donors (Lipinski definition) is 3. The topological polar surface area (TPSA) is 98.7 Å². The molecule has 3 N–H and O–H groups in total. The van der Waals surface area contributed by atoms with E-state index in [1.54, 1.807) is 11.9 Å². The number of carbonyl (C=O) groups is 3. The molecule has 0 saturated carbocycles.